The van der Waals surface area contributed by atoms with Crippen LogP contribution in [-0.4, -0.2) is 15.5 Å². The fourth-order valence-electron chi connectivity index (χ4n) is 4.03. The van der Waals surface area contributed by atoms with Crippen molar-refractivity contribution in [2.24, 2.45) is 5.92 Å². The Bertz CT molecular complexity index is 749. The molecule has 0 radical (unpaired) electrons. The van der Waals surface area contributed by atoms with Crippen LogP contribution in [0, 0.1) is 5.92 Å². The molecular formula is C20H25N3O. The maximum Gasteiger partial charge on any atom is 0.224 e. The molecule has 1 aromatic carbocycles. The van der Waals surface area contributed by atoms with Gasteiger partial charge >= 0.3 is 0 Å². The summed E-state index contributed by atoms with van der Waals surface area (Å²) >= 11 is 0. The van der Waals surface area contributed by atoms with E-state index in [9.17, 15) is 4.79 Å². The van der Waals surface area contributed by atoms with Gasteiger partial charge in [-0.2, -0.15) is 0 Å². The topological polar surface area (TPSA) is 46.9 Å². The first-order valence-electron chi connectivity index (χ1n) is 9.12. The quantitative estimate of drug-likeness (QED) is 0.943. The van der Waals surface area contributed by atoms with Crippen molar-refractivity contribution < 1.29 is 4.79 Å². The minimum atomic E-state index is 0.0641. The van der Waals surface area contributed by atoms with Crippen LogP contribution in [0.1, 0.15) is 54.6 Å². The molecule has 2 aromatic rings. The van der Waals surface area contributed by atoms with Crippen LogP contribution < -0.4 is 5.32 Å². The van der Waals surface area contributed by atoms with E-state index in [2.05, 4.69) is 40.0 Å². The molecule has 2 unspecified atom stereocenters. The Morgan fingerprint density at radius 3 is 3.00 bits per heavy atom. The van der Waals surface area contributed by atoms with Crippen molar-refractivity contribution in [3.8, 4) is 0 Å². The maximum atomic E-state index is 12.7. The molecule has 126 valence electrons. The Morgan fingerprint density at radius 1 is 1.29 bits per heavy atom. The lowest BCUT2D eigenvalue weighted by molar-refractivity contribution is -0.126. The zero-order valence-electron chi connectivity index (χ0n) is 14.3. The largest absolute Gasteiger partial charge is 0.349 e. The van der Waals surface area contributed by atoms with Gasteiger partial charge in [0.2, 0.25) is 5.91 Å². The zero-order valence-corrected chi connectivity index (χ0v) is 14.3. The Labute approximate surface area is 143 Å². The van der Waals surface area contributed by atoms with Crippen molar-refractivity contribution in [1.82, 2.24) is 14.9 Å². The molecule has 4 heteroatoms. The van der Waals surface area contributed by atoms with Crippen LogP contribution in [0.3, 0.4) is 0 Å². The number of carbonyl (C=O) groups excluding carboxylic acids is 1. The lowest BCUT2D eigenvalue weighted by atomic mass is 9.89. The molecule has 0 fully saturated rings. The van der Waals surface area contributed by atoms with E-state index in [1.165, 1.54) is 48.1 Å². The molecule has 2 atom stereocenters. The third kappa shape index (κ3) is 2.97. The first-order valence-corrected chi connectivity index (χ1v) is 9.12. The number of aromatic nitrogens is 2. The van der Waals surface area contributed by atoms with E-state index in [-0.39, 0.29) is 17.9 Å². The second-order valence-electron chi connectivity index (χ2n) is 7.23. The summed E-state index contributed by atoms with van der Waals surface area (Å²) < 4.78 is 2.15. The standard InChI is InChI=1S/C20H25N3O/c1-14(16-7-6-15-4-2-3-5-17(15)10-16)22-20(24)18-8-9-23-13-21-12-19(23)11-18/h6-7,10,12-14,18H,2-5,8-9,11H2,1H3,(H,22,24). The van der Waals surface area contributed by atoms with Gasteiger partial charge in [-0.25, -0.2) is 4.98 Å². The van der Waals surface area contributed by atoms with Gasteiger partial charge in [0.15, 0.2) is 0 Å². The third-order valence-corrected chi connectivity index (χ3v) is 5.57. The number of carbonyl (C=O) groups is 1. The van der Waals surface area contributed by atoms with Gasteiger partial charge in [-0.1, -0.05) is 18.2 Å². The summed E-state index contributed by atoms with van der Waals surface area (Å²) in [5, 5.41) is 3.23. The Morgan fingerprint density at radius 2 is 2.12 bits per heavy atom. The van der Waals surface area contributed by atoms with Crippen LogP contribution in [0.4, 0.5) is 0 Å². The molecule has 0 saturated heterocycles. The Hall–Kier alpha value is -2.10. The molecule has 4 nitrogen and oxygen atoms in total. The van der Waals surface area contributed by atoms with Crippen molar-refractivity contribution in [3.05, 3.63) is 53.1 Å². The number of nitrogens with one attached hydrogen (secondary N) is 1. The maximum absolute atomic E-state index is 12.7. The van der Waals surface area contributed by atoms with E-state index in [0.717, 1.165) is 19.4 Å². The van der Waals surface area contributed by atoms with Crippen LogP contribution in [0.5, 0.6) is 0 Å². The van der Waals surface area contributed by atoms with Gasteiger partial charge in [0.05, 0.1) is 12.4 Å². The summed E-state index contributed by atoms with van der Waals surface area (Å²) in [6, 6.07) is 6.81. The van der Waals surface area contributed by atoms with Gasteiger partial charge < -0.3 is 9.88 Å². The van der Waals surface area contributed by atoms with Gasteiger partial charge in [0.25, 0.3) is 0 Å². The molecule has 4 rings (SSSR count). The highest BCUT2D eigenvalue weighted by Gasteiger charge is 2.26. The monoisotopic (exact) mass is 323 g/mol. The molecule has 1 aliphatic carbocycles. The second kappa shape index (κ2) is 6.42. The summed E-state index contributed by atoms with van der Waals surface area (Å²) in [5.41, 5.74) is 5.36. The molecule has 2 aliphatic rings. The normalized spacial score (nSPS) is 20.8. The minimum Gasteiger partial charge on any atom is -0.349 e. The van der Waals surface area contributed by atoms with Crippen molar-refractivity contribution in [2.45, 2.75) is 58.0 Å². The van der Waals surface area contributed by atoms with Crippen molar-refractivity contribution in [1.29, 1.82) is 0 Å². The van der Waals surface area contributed by atoms with E-state index in [4.69, 9.17) is 0 Å². The molecule has 1 amide bonds. The number of hydrogen-bond acceptors (Lipinski definition) is 2. The van der Waals surface area contributed by atoms with Crippen LogP contribution >= 0.6 is 0 Å². The molecule has 1 aliphatic heterocycles. The third-order valence-electron chi connectivity index (χ3n) is 5.57. The van der Waals surface area contributed by atoms with E-state index in [1.54, 1.807) is 0 Å². The average Bonchev–Trinajstić information content (AvgIpc) is 3.08. The lowest BCUT2D eigenvalue weighted by Gasteiger charge is -2.25. The summed E-state index contributed by atoms with van der Waals surface area (Å²) in [6.07, 6.45) is 10.4. The number of hydrogen-bond donors (Lipinski definition) is 1. The number of aryl methyl sites for hydroxylation is 3. The first kappa shape index (κ1) is 15.4. The molecular weight excluding hydrogens is 298 g/mol. The van der Waals surface area contributed by atoms with Gasteiger partial charge in [0, 0.05) is 30.8 Å². The molecule has 0 spiro atoms. The molecule has 1 N–H and O–H groups in total. The van der Waals surface area contributed by atoms with Crippen LogP contribution in [0.15, 0.2) is 30.7 Å². The van der Waals surface area contributed by atoms with Gasteiger partial charge in [-0.15, -0.1) is 0 Å². The zero-order chi connectivity index (χ0) is 16.5. The second-order valence-corrected chi connectivity index (χ2v) is 7.23. The Kier molecular flexibility index (Phi) is 4.13. The number of imidazole rings is 1. The van der Waals surface area contributed by atoms with E-state index >= 15 is 0 Å². The van der Waals surface area contributed by atoms with Crippen molar-refractivity contribution in [2.75, 3.05) is 0 Å². The highest BCUT2D eigenvalue weighted by atomic mass is 16.1. The number of nitrogens with zero attached hydrogens (tertiary/aromatic N) is 2. The predicted octanol–water partition coefficient (Wildman–Crippen LogP) is 3.20. The predicted molar refractivity (Wildman–Crippen MR) is 93.7 cm³/mol. The van der Waals surface area contributed by atoms with Crippen LogP contribution in [0.25, 0.3) is 0 Å². The minimum absolute atomic E-state index is 0.0641. The van der Waals surface area contributed by atoms with E-state index < -0.39 is 0 Å². The average molecular weight is 323 g/mol. The number of benzene rings is 1. The molecule has 0 bridgehead atoms. The van der Waals surface area contributed by atoms with Gasteiger partial charge in [-0.05, 0) is 55.7 Å². The lowest BCUT2D eigenvalue weighted by Crippen LogP contribution is -2.36. The molecule has 24 heavy (non-hydrogen) atoms. The summed E-state index contributed by atoms with van der Waals surface area (Å²) in [4.78, 5) is 16.8. The van der Waals surface area contributed by atoms with Crippen molar-refractivity contribution >= 4 is 5.91 Å². The van der Waals surface area contributed by atoms with Gasteiger partial charge in [-0.3, -0.25) is 4.79 Å². The SMILES string of the molecule is CC(NC(=O)C1CCn2cncc2C1)c1ccc2c(c1)CCCC2. The van der Waals surface area contributed by atoms with E-state index in [1.807, 2.05) is 12.5 Å². The summed E-state index contributed by atoms with van der Waals surface area (Å²) in [5.74, 6) is 0.238. The van der Waals surface area contributed by atoms with Crippen LogP contribution in [-0.2, 0) is 30.6 Å². The fraction of sp³-hybridized carbons (Fsp3) is 0.500. The first-order chi connectivity index (χ1) is 11.7. The number of rotatable bonds is 3. The summed E-state index contributed by atoms with van der Waals surface area (Å²) in [6.45, 7) is 2.98. The molecule has 2 heterocycles. The highest BCUT2D eigenvalue weighted by molar-refractivity contribution is 5.79. The summed E-state index contributed by atoms with van der Waals surface area (Å²) in [7, 11) is 0. The number of amides is 1. The smallest absolute Gasteiger partial charge is 0.224 e. The highest BCUT2D eigenvalue weighted by Crippen LogP contribution is 2.26. The molecule has 0 saturated carbocycles. The van der Waals surface area contributed by atoms with Gasteiger partial charge in [0.1, 0.15) is 0 Å². The number of fused-ring (bicyclic) bond motifs is 2. The van der Waals surface area contributed by atoms with Crippen LogP contribution in [0.2, 0.25) is 0 Å². The van der Waals surface area contributed by atoms with E-state index in [0.29, 0.717) is 0 Å². The fourth-order valence-corrected chi connectivity index (χ4v) is 4.03. The Balaban J connectivity index is 1.42. The molecule has 1 aromatic heterocycles. The van der Waals surface area contributed by atoms with Crippen molar-refractivity contribution in [3.63, 3.8) is 0 Å².